The topological polar surface area (TPSA) is 72.6 Å². The van der Waals surface area contributed by atoms with Gasteiger partial charge in [-0.15, -0.1) is 0 Å². The van der Waals surface area contributed by atoms with Crippen molar-refractivity contribution in [3.05, 3.63) is 69.9 Å². The Kier molecular flexibility index (Phi) is 6.03. The van der Waals surface area contributed by atoms with E-state index in [1.807, 2.05) is 31.2 Å². The molecular formula is C21H22BrFN2O3. The van der Waals surface area contributed by atoms with Gasteiger partial charge in [-0.2, -0.15) is 0 Å². The van der Waals surface area contributed by atoms with E-state index in [1.54, 1.807) is 17.0 Å². The predicted octanol–water partition coefficient (Wildman–Crippen LogP) is 4.65. The van der Waals surface area contributed by atoms with E-state index in [9.17, 15) is 14.0 Å². The molecule has 0 saturated carbocycles. The van der Waals surface area contributed by atoms with Crippen LogP contribution in [0.3, 0.4) is 0 Å². The van der Waals surface area contributed by atoms with Crippen molar-refractivity contribution in [3.63, 3.8) is 0 Å². The Bertz CT molecular complexity index is 857. The van der Waals surface area contributed by atoms with E-state index in [-0.39, 0.29) is 24.7 Å². The minimum absolute atomic E-state index is 0.0763. The van der Waals surface area contributed by atoms with Gasteiger partial charge in [0, 0.05) is 30.3 Å². The minimum Gasteiger partial charge on any atom is -0.438 e. The van der Waals surface area contributed by atoms with Crippen LogP contribution in [0.25, 0.3) is 0 Å². The number of nitrogens with two attached hydrogens (primary N) is 1. The van der Waals surface area contributed by atoms with Gasteiger partial charge in [0.2, 0.25) is 5.91 Å². The van der Waals surface area contributed by atoms with Crippen molar-refractivity contribution in [1.29, 1.82) is 0 Å². The molecule has 2 N–H and O–H groups in total. The number of ether oxygens (including phenoxy) is 1. The average Bonchev–Trinajstić information content (AvgIpc) is 2.67. The summed E-state index contributed by atoms with van der Waals surface area (Å²) in [5.41, 5.74) is 5.98. The molecule has 2 aromatic rings. The maximum absolute atomic E-state index is 13.4. The van der Waals surface area contributed by atoms with Crippen LogP contribution in [0.4, 0.5) is 9.18 Å². The molecule has 148 valence electrons. The summed E-state index contributed by atoms with van der Waals surface area (Å²) in [7, 11) is 0. The summed E-state index contributed by atoms with van der Waals surface area (Å²) in [5, 5.41) is 0. The second-order valence-electron chi connectivity index (χ2n) is 7.01. The lowest BCUT2D eigenvalue weighted by atomic mass is 9.84. The number of hydrogen-bond donors (Lipinski definition) is 1. The van der Waals surface area contributed by atoms with E-state index >= 15 is 0 Å². The number of carbonyl (C=O) groups excluding carboxylic acids is 2. The number of amides is 2. The molecule has 7 heteroatoms. The first-order valence-electron chi connectivity index (χ1n) is 9.10. The summed E-state index contributed by atoms with van der Waals surface area (Å²) in [6.45, 7) is 2.39. The smallest absolute Gasteiger partial charge is 0.411 e. The van der Waals surface area contributed by atoms with Crippen molar-refractivity contribution in [2.45, 2.75) is 37.8 Å². The molecule has 1 heterocycles. The second kappa shape index (κ2) is 8.31. The van der Waals surface area contributed by atoms with Crippen LogP contribution >= 0.6 is 15.9 Å². The highest BCUT2D eigenvalue weighted by molar-refractivity contribution is 9.10. The van der Waals surface area contributed by atoms with Crippen LogP contribution in [0.15, 0.2) is 53.0 Å². The monoisotopic (exact) mass is 448 g/mol. The van der Waals surface area contributed by atoms with Crippen molar-refractivity contribution in [2.75, 3.05) is 6.54 Å². The number of nitrogens with zero attached hydrogens (tertiary/aromatic N) is 1. The first-order chi connectivity index (χ1) is 13.3. The third-order valence-corrected chi connectivity index (χ3v) is 5.77. The summed E-state index contributed by atoms with van der Waals surface area (Å²) in [6.07, 6.45) is 0.363. The standard InChI is InChI=1S/C21H22BrFN2O3/c1-14(15-2-6-17(22)7-3-15)25-13-12-21(28-20(25)27,11-10-19(24)26)16-4-8-18(23)9-5-16/h2-9,14H,10-13H2,1H3,(H2,24,26)/t14-,21-/m0/s1. The Morgan fingerprint density at radius 2 is 1.89 bits per heavy atom. The van der Waals surface area contributed by atoms with Gasteiger partial charge in [0.15, 0.2) is 0 Å². The molecule has 1 aliphatic rings. The van der Waals surface area contributed by atoms with E-state index in [0.717, 1.165) is 10.0 Å². The zero-order valence-corrected chi connectivity index (χ0v) is 17.1. The molecule has 2 atom stereocenters. The molecule has 2 aromatic carbocycles. The van der Waals surface area contributed by atoms with Crippen LogP contribution in [-0.2, 0) is 15.1 Å². The molecule has 1 aliphatic heterocycles. The van der Waals surface area contributed by atoms with Crippen LogP contribution in [0.5, 0.6) is 0 Å². The summed E-state index contributed by atoms with van der Waals surface area (Å²) in [4.78, 5) is 25.9. The highest BCUT2D eigenvalue weighted by Gasteiger charge is 2.43. The van der Waals surface area contributed by atoms with Gasteiger partial charge in [0.25, 0.3) is 0 Å². The average molecular weight is 449 g/mol. The van der Waals surface area contributed by atoms with Crippen LogP contribution in [0.1, 0.15) is 43.4 Å². The third kappa shape index (κ3) is 4.35. The highest BCUT2D eigenvalue weighted by atomic mass is 79.9. The number of cyclic esters (lactones) is 1. The molecule has 0 spiro atoms. The minimum atomic E-state index is -0.990. The zero-order chi connectivity index (χ0) is 20.3. The van der Waals surface area contributed by atoms with Gasteiger partial charge in [0.05, 0.1) is 6.04 Å². The summed E-state index contributed by atoms with van der Waals surface area (Å²) in [6, 6.07) is 13.4. The fourth-order valence-electron chi connectivity index (χ4n) is 3.54. The van der Waals surface area contributed by atoms with Crippen molar-refractivity contribution in [2.24, 2.45) is 5.73 Å². The Labute approximate surface area is 171 Å². The largest absolute Gasteiger partial charge is 0.438 e. The number of carbonyl (C=O) groups is 2. The number of rotatable bonds is 6. The summed E-state index contributed by atoms with van der Waals surface area (Å²) < 4.78 is 20.2. The van der Waals surface area contributed by atoms with Crippen molar-refractivity contribution >= 4 is 27.9 Å². The first-order valence-corrected chi connectivity index (χ1v) is 9.89. The van der Waals surface area contributed by atoms with Gasteiger partial charge in [-0.3, -0.25) is 4.79 Å². The third-order valence-electron chi connectivity index (χ3n) is 5.24. The Balaban J connectivity index is 1.83. The molecule has 0 unspecified atom stereocenters. The van der Waals surface area contributed by atoms with Gasteiger partial charge < -0.3 is 15.4 Å². The molecule has 28 heavy (non-hydrogen) atoms. The summed E-state index contributed by atoms with van der Waals surface area (Å²) >= 11 is 3.41. The lowest BCUT2D eigenvalue weighted by Gasteiger charge is -2.43. The molecule has 0 aliphatic carbocycles. The van der Waals surface area contributed by atoms with Gasteiger partial charge >= 0.3 is 6.09 Å². The lowest BCUT2D eigenvalue weighted by Crippen LogP contribution is -2.49. The zero-order valence-electron chi connectivity index (χ0n) is 15.5. The van der Waals surface area contributed by atoms with Crippen LogP contribution < -0.4 is 5.73 Å². The van der Waals surface area contributed by atoms with E-state index < -0.39 is 17.6 Å². The van der Waals surface area contributed by atoms with E-state index in [2.05, 4.69) is 15.9 Å². The normalized spacial score (nSPS) is 20.5. The van der Waals surface area contributed by atoms with Crippen molar-refractivity contribution < 1.29 is 18.7 Å². The van der Waals surface area contributed by atoms with E-state index in [0.29, 0.717) is 18.5 Å². The number of halogens is 2. The maximum Gasteiger partial charge on any atom is 0.411 e. The molecule has 0 bridgehead atoms. The number of primary amides is 1. The number of hydrogen-bond acceptors (Lipinski definition) is 3. The molecule has 0 aromatic heterocycles. The molecule has 2 amide bonds. The molecule has 0 radical (unpaired) electrons. The second-order valence-corrected chi connectivity index (χ2v) is 7.92. The van der Waals surface area contributed by atoms with Crippen molar-refractivity contribution in [3.8, 4) is 0 Å². The lowest BCUT2D eigenvalue weighted by molar-refractivity contribution is -0.121. The predicted molar refractivity (Wildman–Crippen MR) is 107 cm³/mol. The Morgan fingerprint density at radius 3 is 2.46 bits per heavy atom. The number of benzene rings is 2. The fourth-order valence-corrected chi connectivity index (χ4v) is 3.81. The molecule has 1 saturated heterocycles. The van der Waals surface area contributed by atoms with Crippen LogP contribution in [0.2, 0.25) is 0 Å². The van der Waals surface area contributed by atoms with Gasteiger partial charge in [-0.05, 0) is 42.3 Å². The molecular weight excluding hydrogens is 427 g/mol. The quantitative estimate of drug-likeness (QED) is 0.698. The van der Waals surface area contributed by atoms with Gasteiger partial charge in [0.1, 0.15) is 11.4 Å². The SMILES string of the molecule is C[C@@H](c1ccc(Br)cc1)N1CC[C@@](CCC(N)=O)(c2ccc(F)cc2)OC1=O. The molecule has 5 nitrogen and oxygen atoms in total. The fraction of sp³-hybridized carbons (Fsp3) is 0.333. The van der Waals surface area contributed by atoms with Crippen LogP contribution in [0, 0.1) is 5.82 Å². The highest BCUT2D eigenvalue weighted by Crippen LogP contribution is 2.40. The first kappa shape index (κ1) is 20.3. The van der Waals surface area contributed by atoms with Crippen LogP contribution in [-0.4, -0.2) is 23.4 Å². The molecule has 3 rings (SSSR count). The van der Waals surface area contributed by atoms with E-state index in [4.69, 9.17) is 10.5 Å². The van der Waals surface area contributed by atoms with Gasteiger partial charge in [-0.25, -0.2) is 9.18 Å². The molecule has 1 fully saturated rings. The Morgan fingerprint density at radius 1 is 1.25 bits per heavy atom. The Hall–Kier alpha value is -2.41. The van der Waals surface area contributed by atoms with Crippen molar-refractivity contribution in [1.82, 2.24) is 4.90 Å². The summed E-state index contributed by atoms with van der Waals surface area (Å²) in [5.74, 6) is -0.843. The maximum atomic E-state index is 13.4. The van der Waals surface area contributed by atoms with E-state index in [1.165, 1.54) is 12.1 Å². The van der Waals surface area contributed by atoms with Gasteiger partial charge in [-0.1, -0.05) is 40.2 Å².